The number of hydrogen-bond donors (Lipinski definition) is 1. The summed E-state index contributed by atoms with van der Waals surface area (Å²) in [4.78, 5) is 24.8. The fourth-order valence-corrected chi connectivity index (χ4v) is 3.73. The van der Waals surface area contributed by atoms with Gasteiger partial charge in [-0.1, -0.05) is 18.0 Å². The lowest BCUT2D eigenvalue weighted by Gasteiger charge is -2.21. The molecular formula is C24H21ClFNO4. The third kappa shape index (κ3) is 5.14. The highest BCUT2D eigenvalue weighted by atomic mass is 35.5. The molecule has 1 heterocycles. The average molecular weight is 442 g/mol. The molecule has 1 N–H and O–H groups in total. The lowest BCUT2D eigenvalue weighted by atomic mass is 9.98. The normalized spacial score (nSPS) is 14.3. The van der Waals surface area contributed by atoms with E-state index >= 15 is 0 Å². The first-order valence-electron chi connectivity index (χ1n) is 10.2. The molecule has 1 fully saturated rings. The number of ether oxygens (including phenoxy) is 1. The van der Waals surface area contributed by atoms with Crippen molar-refractivity contribution in [3.63, 3.8) is 0 Å². The first kappa shape index (κ1) is 21.1. The smallest absolute Gasteiger partial charge is 0.338 e. The molecule has 1 saturated carbocycles. The molecule has 7 heteroatoms. The van der Waals surface area contributed by atoms with Crippen LogP contribution in [0.1, 0.15) is 53.0 Å². The van der Waals surface area contributed by atoms with Crippen molar-refractivity contribution in [2.45, 2.75) is 38.2 Å². The van der Waals surface area contributed by atoms with E-state index in [9.17, 15) is 14.0 Å². The molecule has 0 unspecified atom stereocenters. The summed E-state index contributed by atoms with van der Waals surface area (Å²) in [7, 11) is 0. The molecular weight excluding hydrogens is 421 g/mol. The van der Waals surface area contributed by atoms with Gasteiger partial charge >= 0.3 is 5.97 Å². The number of amides is 1. The van der Waals surface area contributed by atoms with E-state index in [2.05, 4.69) is 5.32 Å². The van der Waals surface area contributed by atoms with E-state index in [1.165, 1.54) is 30.7 Å². The Morgan fingerprint density at radius 1 is 1.00 bits per heavy atom. The van der Waals surface area contributed by atoms with Crippen molar-refractivity contribution >= 4 is 29.2 Å². The van der Waals surface area contributed by atoms with Crippen LogP contribution in [-0.4, -0.2) is 18.0 Å². The van der Waals surface area contributed by atoms with Gasteiger partial charge < -0.3 is 14.5 Å². The van der Waals surface area contributed by atoms with Crippen LogP contribution in [0.4, 0.5) is 10.1 Å². The number of anilines is 1. The van der Waals surface area contributed by atoms with E-state index in [4.69, 9.17) is 20.8 Å². The maximum atomic E-state index is 13.3. The van der Waals surface area contributed by atoms with Crippen LogP contribution in [0.2, 0.25) is 5.02 Å². The molecule has 0 aliphatic heterocycles. The van der Waals surface area contributed by atoms with Crippen LogP contribution in [0.5, 0.6) is 0 Å². The Morgan fingerprint density at radius 2 is 1.74 bits per heavy atom. The minimum Gasteiger partial charge on any atom is -0.459 e. The van der Waals surface area contributed by atoms with Crippen molar-refractivity contribution in [3.8, 4) is 11.3 Å². The molecule has 160 valence electrons. The molecule has 1 aliphatic rings. The number of halogens is 2. The predicted molar refractivity (Wildman–Crippen MR) is 116 cm³/mol. The first-order valence-corrected chi connectivity index (χ1v) is 10.5. The molecule has 31 heavy (non-hydrogen) atoms. The number of hydrogen-bond acceptors (Lipinski definition) is 4. The molecule has 1 amide bonds. The number of rotatable bonds is 5. The van der Waals surface area contributed by atoms with Gasteiger partial charge in [0.15, 0.2) is 5.76 Å². The van der Waals surface area contributed by atoms with Crippen molar-refractivity contribution in [2.24, 2.45) is 0 Å². The Hall–Kier alpha value is -3.12. The van der Waals surface area contributed by atoms with Crippen molar-refractivity contribution in [1.82, 2.24) is 0 Å². The zero-order valence-electron chi connectivity index (χ0n) is 16.7. The second kappa shape index (κ2) is 9.35. The monoisotopic (exact) mass is 441 g/mol. The molecule has 0 atom stereocenters. The topological polar surface area (TPSA) is 68.5 Å². The summed E-state index contributed by atoms with van der Waals surface area (Å²) in [5, 5.41) is 2.69. The van der Waals surface area contributed by atoms with E-state index in [1.54, 1.807) is 30.3 Å². The summed E-state index contributed by atoms with van der Waals surface area (Å²) in [5.41, 5.74) is 1.52. The van der Waals surface area contributed by atoms with Gasteiger partial charge in [0.05, 0.1) is 10.6 Å². The molecule has 2 aromatic carbocycles. The van der Waals surface area contributed by atoms with Crippen LogP contribution in [0.25, 0.3) is 11.3 Å². The Morgan fingerprint density at radius 3 is 2.45 bits per heavy atom. The fourth-order valence-electron chi connectivity index (χ4n) is 3.55. The van der Waals surface area contributed by atoms with E-state index in [0.29, 0.717) is 22.6 Å². The van der Waals surface area contributed by atoms with Crippen LogP contribution in [0.3, 0.4) is 0 Å². The Bertz CT molecular complexity index is 1090. The lowest BCUT2D eigenvalue weighted by Crippen LogP contribution is -2.20. The molecule has 1 aliphatic carbocycles. The first-order chi connectivity index (χ1) is 15.0. The summed E-state index contributed by atoms with van der Waals surface area (Å²) >= 11 is 5.80. The Labute approximate surface area is 184 Å². The third-order valence-corrected chi connectivity index (χ3v) is 5.53. The fraction of sp³-hybridized carbons (Fsp3) is 0.250. The predicted octanol–water partition coefficient (Wildman–Crippen LogP) is 6.48. The van der Waals surface area contributed by atoms with Crippen LogP contribution < -0.4 is 5.32 Å². The largest absolute Gasteiger partial charge is 0.459 e. The highest BCUT2D eigenvalue weighted by molar-refractivity contribution is 6.31. The quantitative estimate of drug-likeness (QED) is 0.460. The van der Waals surface area contributed by atoms with Crippen LogP contribution in [-0.2, 0) is 4.74 Å². The van der Waals surface area contributed by atoms with E-state index in [-0.39, 0.29) is 22.9 Å². The summed E-state index contributed by atoms with van der Waals surface area (Å²) in [6, 6.07) is 13.8. The zero-order chi connectivity index (χ0) is 21.8. The van der Waals surface area contributed by atoms with E-state index in [0.717, 1.165) is 25.7 Å². The molecule has 5 nitrogen and oxygen atoms in total. The van der Waals surface area contributed by atoms with Crippen LogP contribution in [0, 0.1) is 5.82 Å². The van der Waals surface area contributed by atoms with Gasteiger partial charge in [0.25, 0.3) is 5.91 Å². The van der Waals surface area contributed by atoms with Crippen molar-refractivity contribution in [3.05, 3.63) is 76.8 Å². The highest BCUT2D eigenvalue weighted by Gasteiger charge is 2.19. The number of benzene rings is 2. The van der Waals surface area contributed by atoms with E-state index in [1.807, 2.05) is 0 Å². The number of carbonyl (C=O) groups excluding carboxylic acids is 2. The minimum atomic E-state index is -0.527. The lowest BCUT2D eigenvalue weighted by molar-refractivity contribution is 0.0211. The second-order valence-electron chi connectivity index (χ2n) is 7.49. The van der Waals surface area contributed by atoms with Crippen molar-refractivity contribution in [1.29, 1.82) is 0 Å². The second-order valence-corrected chi connectivity index (χ2v) is 7.90. The van der Waals surface area contributed by atoms with Crippen LogP contribution >= 0.6 is 11.6 Å². The number of carbonyl (C=O) groups is 2. The maximum Gasteiger partial charge on any atom is 0.338 e. The molecule has 0 saturated heterocycles. The molecule has 0 bridgehead atoms. The minimum absolute atomic E-state index is 0.00948. The molecule has 4 rings (SSSR count). The summed E-state index contributed by atoms with van der Waals surface area (Å²) in [6.07, 6.45) is 5.18. The van der Waals surface area contributed by atoms with Crippen LogP contribution in [0.15, 0.2) is 59.0 Å². The number of nitrogens with one attached hydrogen (secondary N) is 1. The summed E-state index contributed by atoms with van der Waals surface area (Å²) in [5.74, 6) is -0.833. The van der Waals surface area contributed by atoms with Gasteiger partial charge in [0.1, 0.15) is 17.7 Å². The van der Waals surface area contributed by atoms with Gasteiger partial charge in [-0.3, -0.25) is 4.79 Å². The number of esters is 1. The van der Waals surface area contributed by atoms with Gasteiger partial charge in [0, 0.05) is 11.3 Å². The van der Waals surface area contributed by atoms with Gasteiger partial charge in [0.2, 0.25) is 0 Å². The maximum absolute atomic E-state index is 13.3. The highest BCUT2D eigenvalue weighted by Crippen LogP contribution is 2.27. The third-order valence-electron chi connectivity index (χ3n) is 5.24. The molecule has 0 spiro atoms. The van der Waals surface area contributed by atoms with Gasteiger partial charge in [-0.05, 0) is 80.3 Å². The number of furan rings is 1. The van der Waals surface area contributed by atoms with Gasteiger partial charge in [-0.2, -0.15) is 0 Å². The average Bonchev–Trinajstić information content (AvgIpc) is 3.27. The van der Waals surface area contributed by atoms with E-state index < -0.39 is 11.7 Å². The Balaban J connectivity index is 1.38. The molecule has 3 aromatic rings. The van der Waals surface area contributed by atoms with Gasteiger partial charge in [-0.25, -0.2) is 9.18 Å². The van der Waals surface area contributed by atoms with Crippen molar-refractivity contribution < 1.29 is 23.1 Å². The Kier molecular flexibility index (Phi) is 6.37. The van der Waals surface area contributed by atoms with Crippen molar-refractivity contribution in [2.75, 3.05) is 5.32 Å². The van der Waals surface area contributed by atoms with Gasteiger partial charge in [-0.15, -0.1) is 0 Å². The summed E-state index contributed by atoms with van der Waals surface area (Å²) in [6.45, 7) is 0. The molecule has 0 radical (unpaired) electrons. The molecule has 1 aromatic heterocycles. The SMILES string of the molecule is O=C(OC1CCCCC1)c1ccc(NC(=O)c2ccc(-c3ccc(F)c(Cl)c3)o2)cc1. The standard InChI is InChI=1S/C24H21ClFNO4/c25-19-14-16(8-11-20(19)26)21-12-13-22(31-21)23(28)27-17-9-6-15(7-10-17)24(29)30-18-4-2-1-3-5-18/h6-14,18H,1-5H2,(H,27,28). The summed E-state index contributed by atoms with van der Waals surface area (Å²) < 4.78 is 24.5. The zero-order valence-corrected chi connectivity index (χ0v) is 17.5.